The maximum Gasteiger partial charge on any atom is 0.0576 e. The predicted molar refractivity (Wildman–Crippen MR) is 80.2 cm³/mol. The van der Waals surface area contributed by atoms with Gasteiger partial charge in [0.05, 0.1) is 6.10 Å². The van der Waals surface area contributed by atoms with Gasteiger partial charge in [0.15, 0.2) is 0 Å². The van der Waals surface area contributed by atoms with Crippen LogP contribution in [0.5, 0.6) is 0 Å². The Labute approximate surface area is 117 Å². The summed E-state index contributed by atoms with van der Waals surface area (Å²) in [6.45, 7) is 6.52. The first-order valence-corrected chi connectivity index (χ1v) is 7.71. The Morgan fingerprint density at radius 1 is 1.32 bits per heavy atom. The lowest BCUT2D eigenvalue weighted by atomic mass is 9.89. The Morgan fingerprint density at radius 2 is 2.11 bits per heavy atom. The molecular weight excluding hydrogens is 234 g/mol. The summed E-state index contributed by atoms with van der Waals surface area (Å²) in [4.78, 5) is 0. The highest BCUT2D eigenvalue weighted by Crippen LogP contribution is 2.28. The average Bonchev–Trinajstić information content (AvgIpc) is 2.96. The van der Waals surface area contributed by atoms with E-state index >= 15 is 0 Å². The molecule has 2 rings (SSSR count). The number of rotatable bonds is 7. The monoisotopic (exact) mass is 261 g/mol. The molecule has 1 aliphatic heterocycles. The highest BCUT2D eigenvalue weighted by Gasteiger charge is 2.21. The number of nitrogens with one attached hydrogen (secondary N) is 1. The van der Waals surface area contributed by atoms with Gasteiger partial charge in [0.2, 0.25) is 0 Å². The van der Waals surface area contributed by atoms with Gasteiger partial charge in [-0.05, 0) is 43.7 Å². The molecule has 0 amide bonds. The highest BCUT2D eigenvalue weighted by atomic mass is 16.5. The molecule has 0 aromatic heterocycles. The molecular formula is C17H27NO. The van der Waals surface area contributed by atoms with E-state index in [4.69, 9.17) is 4.74 Å². The molecule has 1 aliphatic rings. The molecule has 0 saturated carbocycles. The van der Waals surface area contributed by atoms with Crippen molar-refractivity contribution in [3.63, 3.8) is 0 Å². The number of hydrogen-bond donors (Lipinski definition) is 1. The van der Waals surface area contributed by atoms with Gasteiger partial charge in [0.1, 0.15) is 0 Å². The van der Waals surface area contributed by atoms with Gasteiger partial charge in [-0.3, -0.25) is 0 Å². The van der Waals surface area contributed by atoms with E-state index in [9.17, 15) is 0 Å². The Bertz CT molecular complexity index is 346. The summed E-state index contributed by atoms with van der Waals surface area (Å²) in [6.07, 6.45) is 5.45. The summed E-state index contributed by atoms with van der Waals surface area (Å²) in [6, 6.07) is 11.3. The van der Waals surface area contributed by atoms with Crippen molar-refractivity contribution in [3.05, 3.63) is 35.9 Å². The fourth-order valence-electron chi connectivity index (χ4n) is 3.02. The highest BCUT2D eigenvalue weighted by molar-refractivity contribution is 5.19. The van der Waals surface area contributed by atoms with Crippen LogP contribution in [0.3, 0.4) is 0 Å². The van der Waals surface area contributed by atoms with E-state index in [0.717, 1.165) is 13.2 Å². The van der Waals surface area contributed by atoms with Crippen molar-refractivity contribution in [2.24, 2.45) is 5.92 Å². The summed E-state index contributed by atoms with van der Waals surface area (Å²) in [5.41, 5.74) is 1.41. The molecule has 0 spiro atoms. The van der Waals surface area contributed by atoms with Crippen molar-refractivity contribution in [1.29, 1.82) is 0 Å². The molecule has 2 nitrogen and oxygen atoms in total. The molecule has 1 aromatic rings. The van der Waals surface area contributed by atoms with Crippen LogP contribution in [0.1, 0.15) is 51.1 Å². The van der Waals surface area contributed by atoms with Gasteiger partial charge in [-0.1, -0.05) is 44.2 Å². The van der Waals surface area contributed by atoms with Crippen LogP contribution in [0.4, 0.5) is 0 Å². The minimum absolute atomic E-state index is 0.465. The normalized spacial score (nSPS) is 22.3. The Morgan fingerprint density at radius 3 is 2.74 bits per heavy atom. The van der Waals surface area contributed by atoms with Gasteiger partial charge in [-0.15, -0.1) is 0 Å². The van der Waals surface area contributed by atoms with Crippen molar-refractivity contribution < 1.29 is 4.74 Å². The average molecular weight is 261 g/mol. The standard InChI is InChI=1S/C17H27NO/c1-3-18-17(15-8-5-4-6-9-15)14(2)11-12-16-10-7-13-19-16/h4-6,8-9,14,16-18H,3,7,10-13H2,1-2H3. The van der Waals surface area contributed by atoms with E-state index in [-0.39, 0.29) is 0 Å². The molecule has 0 aliphatic carbocycles. The molecule has 1 saturated heterocycles. The van der Waals surface area contributed by atoms with E-state index in [0.29, 0.717) is 18.1 Å². The zero-order valence-electron chi connectivity index (χ0n) is 12.3. The van der Waals surface area contributed by atoms with Crippen LogP contribution >= 0.6 is 0 Å². The quantitative estimate of drug-likeness (QED) is 0.803. The van der Waals surface area contributed by atoms with Crippen LogP contribution in [0.15, 0.2) is 30.3 Å². The zero-order valence-corrected chi connectivity index (χ0v) is 12.3. The van der Waals surface area contributed by atoms with Gasteiger partial charge in [0, 0.05) is 12.6 Å². The fourth-order valence-corrected chi connectivity index (χ4v) is 3.02. The van der Waals surface area contributed by atoms with E-state index in [2.05, 4.69) is 49.5 Å². The van der Waals surface area contributed by atoms with Crippen LogP contribution in [0.2, 0.25) is 0 Å². The fraction of sp³-hybridized carbons (Fsp3) is 0.647. The number of ether oxygens (including phenoxy) is 1. The second-order valence-corrected chi connectivity index (χ2v) is 5.64. The van der Waals surface area contributed by atoms with Crippen LogP contribution in [0, 0.1) is 5.92 Å². The molecule has 0 radical (unpaired) electrons. The number of hydrogen-bond acceptors (Lipinski definition) is 2. The van der Waals surface area contributed by atoms with Crippen molar-refractivity contribution in [3.8, 4) is 0 Å². The molecule has 106 valence electrons. The van der Waals surface area contributed by atoms with Crippen LogP contribution in [0.25, 0.3) is 0 Å². The Hall–Kier alpha value is -0.860. The van der Waals surface area contributed by atoms with Crippen molar-refractivity contribution >= 4 is 0 Å². The van der Waals surface area contributed by atoms with Crippen LogP contribution in [-0.2, 0) is 4.74 Å². The predicted octanol–water partition coefficient (Wildman–Crippen LogP) is 3.93. The first kappa shape index (κ1) is 14.5. The molecule has 1 aromatic carbocycles. The Balaban J connectivity index is 1.90. The minimum Gasteiger partial charge on any atom is -0.378 e. The first-order chi connectivity index (χ1) is 9.31. The van der Waals surface area contributed by atoms with Crippen molar-refractivity contribution in [2.75, 3.05) is 13.2 Å². The third kappa shape index (κ3) is 4.32. The summed E-state index contributed by atoms with van der Waals surface area (Å²) < 4.78 is 5.73. The smallest absolute Gasteiger partial charge is 0.0576 e. The van der Waals surface area contributed by atoms with Crippen molar-refractivity contribution in [1.82, 2.24) is 5.32 Å². The lowest BCUT2D eigenvalue weighted by Crippen LogP contribution is -2.27. The summed E-state index contributed by atoms with van der Waals surface area (Å²) in [5, 5.41) is 3.63. The van der Waals surface area contributed by atoms with E-state index in [1.54, 1.807) is 0 Å². The van der Waals surface area contributed by atoms with Gasteiger partial charge in [-0.2, -0.15) is 0 Å². The zero-order chi connectivity index (χ0) is 13.5. The molecule has 1 N–H and O–H groups in total. The largest absolute Gasteiger partial charge is 0.378 e. The van der Waals surface area contributed by atoms with Gasteiger partial charge >= 0.3 is 0 Å². The minimum atomic E-state index is 0.465. The van der Waals surface area contributed by atoms with Crippen LogP contribution in [-0.4, -0.2) is 19.3 Å². The summed E-state index contributed by atoms with van der Waals surface area (Å²) in [7, 11) is 0. The molecule has 3 unspecified atom stereocenters. The molecule has 19 heavy (non-hydrogen) atoms. The molecule has 0 bridgehead atoms. The summed E-state index contributed by atoms with van der Waals surface area (Å²) >= 11 is 0. The van der Waals surface area contributed by atoms with E-state index < -0.39 is 0 Å². The van der Waals surface area contributed by atoms with Gasteiger partial charge in [-0.25, -0.2) is 0 Å². The molecule has 1 fully saturated rings. The van der Waals surface area contributed by atoms with Gasteiger partial charge < -0.3 is 10.1 Å². The van der Waals surface area contributed by atoms with E-state index in [1.165, 1.54) is 31.2 Å². The topological polar surface area (TPSA) is 21.3 Å². The second-order valence-electron chi connectivity index (χ2n) is 5.64. The van der Waals surface area contributed by atoms with Crippen molar-refractivity contribution in [2.45, 2.75) is 51.7 Å². The summed E-state index contributed by atoms with van der Waals surface area (Å²) in [5.74, 6) is 0.645. The van der Waals surface area contributed by atoms with Gasteiger partial charge in [0.25, 0.3) is 0 Å². The first-order valence-electron chi connectivity index (χ1n) is 7.71. The molecule has 2 heteroatoms. The van der Waals surface area contributed by atoms with Crippen LogP contribution < -0.4 is 5.32 Å². The SMILES string of the molecule is CCNC(c1ccccc1)C(C)CCC1CCCO1. The molecule has 1 heterocycles. The maximum absolute atomic E-state index is 5.73. The third-order valence-corrected chi connectivity index (χ3v) is 4.12. The lowest BCUT2D eigenvalue weighted by Gasteiger charge is -2.26. The Kier molecular flexibility index (Phi) is 5.87. The second kappa shape index (κ2) is 7.66. The lowest BCUT2D eigenvalue weighted by molar-refractivity contribution is 0.0968. The maximum atomic E-state index is 5.73. The number of benzene rings is 1. The third-order valence-electron chi connectivity index (χ3n) is 4.12. The van der Waals surface area contributed by atoms with E-state index in [1.807, 2.05) is 0 Å². The molecule has 3 atom stereocenters.